The van der Waals surface area contributed by atoms with Crippen LogP contribution in [0.25, 0.3) is 0 Å². The number of hydrogen-bond donors (Lipinski definition) is 1. The largest absolute Gasteiger partial charge is 0.454 e. The minimum absolute atomic E-state index is 0.199. The average molecular weight is 508 g/mol. The summed E-state index contributed by atoms with van der Waals surface area (Å²) in [6.07, 6.45) is 1.52. The number of carbonyl (C=O) groups excluding carboxylic acids is 1. The van der Waals surface area contributed by atoms with Crippen molar-refractivity contribution in [1.29, 1.82) is 0 Å². The van der Waals surface area contributed by atoms with Crippen molar-refractivity contribution < 1.29 is 14.3 Å². The molecular formula is C15H9BrClIN2O3. The predicted molar refractivity (Wildman–Crippen MR) is 99.5 cm³/mol. The van der Waals surface area contributed by atoms with Crippen molar-refractivity contribution in [2.75, 3.05) is 6.79 Å². The first-order chi connectivity index (χ1) is 11.0. The van der Waals surface area contributed by atoms with Crippen LogP contribution in [0.4, 0.5) is 0 Å². The number of halogens is 3. The second-order valence-corrected chi connectivity index (χ2v) is 7.06. The Morgan fingerprint density at radius 3 is 2.83 bits per heavy atom. The van der Waals surface area contributed by atoms with Gasteiger partial charge in [-0.15, -0.1) is 0 Å². The number of nitrogens with zero attached hydrogens (tertiary/aromatic N) is 1. The van der Waals surface area contributed by atoms with Crippen molar-refractivity contribution in [2.45, 2.75) is 0 Å². The van der Waals surface area contributed by atoms with E-state index in [1.165, 1.54) is 6.21 Å². The zero-order chi connectivity index (χ0) is 16.4. The van der Waals surface area contributed by atoms with Crippen LogP contribution < -0.4 is 14.9 Å². The molecule has 0 aromatic heterocycles. The lowest BCUT2D eigenvalue weighted by Crippen LogP contribution is -2.18. The third-order valence-corrected chi connectivity index (χ3v) is 4.72. The van der Waals surface area contributed by atoms with Crippen molar-refractivity contribution in [3.8, 4) is 11.5 Å². The maximum atomic E-state index is 12.1. The lowest BCUT2D eigenvalue weighted by Gasteiger charge is -2.04. The van der Waals surface area contributed by atoms with E-state index in [1.807, 2.05) is 6.07 Å². The van der Waals surface area contributed by atoms with Crippen molar-refractivity contribution >= 4 is 62.2 Å². The Labute approximate surface area is 159 Å². The summed E-state index contributed by atoms with van der Waals surface area (Å²) in [4.78, 5) is 12.1. The Hall–Kier alpha value is -1.32. The molecule has 0 bridgehead atoms. The van der Waals surface area contributed by atoms with E-state index in [9.17, 15) is 4.79 Å². The molecular weight excluding hydrogens is 498 g/mol. The van der Waals surface area contributed by atoms with Crippen LogP contribution in [0.3, 0.4) is 0 Å². The van der Waals surface area contributed by atoms with Crippen LogP contribution in [-0.4, -0.2) is 18.9 Å². The average Bonchev–Trinajstić information content (AvgIpc) is 2.96. The van der Waals surface area contributed by atoms with Crippen molar-refractivity contribution in [2.24, 2.45) is 5.10 Å². The van der Waals surface area contributed by atoms with E-state index < -0.39 is 0 Å². The Morgan fingerprint density at radius 1 is 1.30 bits per heavy atom. The summed E-state index contributed by atoms with van der Waals surface area (Å²) < 4.78 is 12.3. The summed E-state index contributed by atoms with van der Waals surface area (Å²) in [6, 6.07) is 8.77. The van der Waals surface area contributed by atoms with E-state index in [0.29, 0.717) is 22.1 Å². The molecule has 1 aliphatic rings. The van der Waals surface area contributed by atoms with Crippen molar-refractivity contribution in [1.82, 2.24) is 5.43 Å². The van der Waals surface area contributed by atoms with E-state index >= 15 is 0 Å². The topological polar surface area (TPSA) is 59.9 Å². The molecule has 0 fully saturated rings. The molecule has 23 heavy (non-hydrogen) atoms. The molecule has 1 heterocycles. The van der Waals surface area contributed by atoms with Gasteiger partial charge in [-0.2, -0.15) is 5.10 Å². The van der Waals surface area contributed by atoms with Crippen LogP contribution in [0, 0.1) is 3.57 Å². The Morgan fingerprint density at radius 2 is 2.04 bits per heavy atom. The van der Waals surface area contributed by atoms with Gasteiger partial charge in [-0.1, -0.05) is 11.6 Å². The molecule has 2 aromatic carbocycles. The molecule has 0 spiro atoms. The van der Waals surface area contributed by atoms with Crippen molar-refractivity contribution in [3.05, 3.63) is 54.5 Å². The normalized spacial score (nSPS) is 12.7. The zero-order valence-corrected chi connectivity index (χ0v) is 16.0. The highest BCUT2D eigenvalue weighted by Gasteiger charge is 2.15. The number of amides is 1. The molecule has 2 aromatic rings. The number of hydrazone groups is 1. The lowest BCUT2D eigenvalue weighted by atomic mass is 10.2. The number of hydrogen-bond acceptors (Lipinski definition) is 4. The molecule has 0 saturated carbocycles. The van der Waals surface area contributed by atoms with Gasteiger partial charge in [0.1, 0.15) is 0 Å². The quantitative estimate of drug-likeness (QED) is 0.385. The Kier molecular flexibility index (Phi) is 5.08. The molecule has 1 N–H and O–H groups in total. The second kappa shape index (κ2) is 7.06. The molecule has 1 amide bonds. The summed E-state index contributed by atoms with van der Waals surface area (Å²) in [5.41, 5.74) is 3.59. The van der Waals surface area contributed by atoms with Gasteiger partial charge >= 0.3 is 0 Å². The van der Waals surface area contributed by atoms with Gasteiger partial charge < -0.3 is 9.47 Å². The molecule has 0 unspecified atom stereocenters. The first kappa shape index (κ1) is 16.5. The number of ether oxygens (including phenoxy) is 2. The molecule has 0 saturated heterocycles. The van der Waals surface area contributed by atoms with Gasteiger partial charge in [-0.25, -0.2) is 5.43 Å². The highest BCUT2D eigenvalue weighted by atomic mass is 127. The number of rotatable bonds is 3. The fraction of sp³-hybridized carbons (Fsp3) is 0.0667. The predicted octanol–water partition coefficient (Wildman–Crippen LogP) is 4.20. The molecule has 0 aliphatic carbocycles. The maximum Gasteiger partial charge on any atom is 0.272 e. The fourth-order valence-corrected chi connectivity index (χ4v) is 3.04. The Balaban J connectivity index is 1.74. The van der Waals surface area contributed by atoms with E-state index in [0.717, 1.165) is 13.6 Å². The second-order valence-electron chi connectivity index (χ2n) is 4.55. The number of nitrogens with one attached hydrogen (secondary N) is 1. The van der Waals surface area contributed by atoms with Gasteiger partial charge in [0.25, 0.3) is 5.91 Å². The summed E-state index contributed by atoms with van der Waals surface area (Å²) in [7, 11) is 0. The standard InChI is InChI=1S/C15H9BrClIN2O3/c16-11-5-14-13(22-7-23-14)3-8(11)6-19-20-15(21)10-4-9(18)1-2-12(10)17/h1-6H,7H2,(H,20,21)/b19-6+. The van der Waals surface area contributed by atoms with E-state index in [4.69, 9.17) is 21.1 Å². The van der Waals surface area contributed by atoms with Crippen LogP contribution in [0.1, 0.15) is 15.9 Å². The number of fused-ring (bicyclic) bond motifs is 1. The molecule has 8 heteroatoms. The van der Waals surface area contributed by atoms with Crippen LogP contribution in [0.15, 0.2) is 39.9 Å². The van der Waals surface area contributed by atoms with E-state index in [2.05, 4.69) is 49.0 Å². The molecule has 118 valence electrons. The van der Waals surface area contributed by atoms with Gasteiger partial charge in [0.05, 0.1) is 16.8 Å². The highest BCUT2D eigenvalue weighted by molar-refractivity contribution is 14.1. The van der Waals surface area contributed by atoms with Crippen LogP contribution in [0.2, 0.25) is 5.02 Å². The Bertz CT molecular complexity index is 814. The highest BCUT2D eigenvalue weighted by Crippen LogP contribution is 2.36. The maximum absolute atomic E-state index is 12.1. The molecule has 0 atom stereocenters. The molecule has 3 rings (SSSR count). The molecule has 0 radical (unpaired) electrons. The first-order valence-electron chi connectivity index (χ1n) is 6.42. The smallest absolute Gasteiger partial charge is 0.272 e. The number of carbonyl (C=O) groups is 1. The summed E-state index contributed by atoms with van der Waals surface area (Å²) in [5.74, 6) is 0.937. The van der Waals surface area contributed by atoms with Gasteiger partial charge in [-0.3, -0.25) is 4.79 Å². The van der Waals surface area contributed by atoms with E-state index in [-0.39, 0.29) is 12.7 Å². The van der Waals surface area contributed by atoms with Gasteiger partial charge in [0, 0.05) is 13.6 Å². The molecule has 5 nitrogen and oxygen atoms in total. The monoisotopic (exact) mass is 506 g/mol. The minimum Gasteiger partial charge on any atom is -0.454 e. The fourth-order valence-electron chi connectivity index (χ4n) is 1.92. The first-order valence-corrected chi connectivity index (χ1v) is 8.67. The minimum atomic E-state index is -0.373. The van der Waals surface area contributed by atoms with Crippen molar-refractivity contribution in [3.63, 3.8) is 0 Å². The summed E-state index contributed by atoms with van der Waals surface area (Å²) in [6.45, 7) is 0.199. The zero-order valence-electron chi connectivity index (χ0n) is 11.5. The van der Waals surface area contributed by atoms with E-state index in [1.54, 1.807) is 24.3 Å². The van der Waals surface area contributed by atoms with Gasteiger partial charge in [0.15, 0.2) is 11.5 Å². The third kappa shape index (κ3) is 3.78. The third-order valence-electron chi connectivity index (χ3n) is 3.03. The molecule has 1 aliphatic heterocycles. The summed E-state index contributed by atoms with van der Waals surface area (Å²) in [5, 5.41) is 4.34. The SMILES string of the molecule is O=C(N/N=C/c1cc2c(cc1Br)OCO2)c1cc(I)ccc1Cl. The van der Waals surface area contributed by atoms with Crippen LogP contribution in [-0.2, 0) is 0 Å². The lowest BCUT2D eigenvalue weighted by molar-refractivity contribution is 0.0955. The van der Waals surface area contributed by atoms with Gasteiger partial charge in [0.2, 0.25) is 6.79 Å². The summed E-state index contributed by atoms with van der Waals surface area (Å²) >= 11 is 11.6. The van der Waals surface area contributed by atoms with Crippen LogP contribution >= 0.6 is 50.1 Å². The van der Waals surface area contributed by atoms with Crippen LogP contribution in [0.5, 0.6) is 11.5 Å². The number of benzene rings is 2. The van der Waals surface area contributed by atoms with Gasteiger partial charge in [-0.05, 0) is 68.9 Å².